The minimum Gasteiger partial charge on any atom is -0.495 e. The normalized spacial score (nSPS) is 11.1. The van der Waals surface area contributed by atoms with E-state index in [1.807, 2.05) is 6.07 Å². The van der Waals surface area contributed by atoms with Crippen LogP contribution in [0.25, 0.3) is 0 Å². The number of methoxy groups -OCH3 is 2. The van der Waals surface area contributed by atoms with Gasteiger partial charge in [-0.2, -0.15) is 0 Å². The molecule has 0 radical (unpaired) electrons. The molecule has 0 heterocycles. The molecule has 0 aromatic heterocycles. The Morgan fingerprint density at radius 1 is 1.00 bits per heavy atom. The average Bonchev–Trinajstić information content (AvgIpc) is 2.74. The van der Waals surface area contributed by atoms with Crippen LogP contribution in [0.1, 0.15) is 15.9 Å². The number of anilines is 2. The van der Waals surface area contributed by atoms with Gasteiger partial charge in [0.05, 0.1) is 24.4 Å². The van der Waals surface area contributed by atoms with Gasteiger partial charge in [-0.3, -0.25) is 9.52 Å². The highest BCUT2D eigenvalue weighted by atomic mass is 35.5. The van der Waals surface area contributed by atoms with E-state index in [1.54, 1.807) is 49.6 Å². The summed E-state index contributed by atoms with van der Waals surface area (Å²) in [5.74, 6) is -0.119. The summed E-state index contributed by atoms with van der Waals surface area (Å²) in [5.41, 5.74) is 1.85. The Hall–Kier alpha value is -3.07. The molecule has 2 N–H and O–H groups in total. The number of nitrogens with one attached hydrogen (secondary N) is 2. The van der Waals surface area contributed by atoms with Crippen LogP contribution in [0.15, 0.2) is 71.6 Å². The van der Waals surface area contributed by atoms with E-state index in [0.29, 0.717) is 18.0 Å². The molecular weight excluding hydrogens is 440 g/mol. The molecule has 0 saturated heterocycles. The van der Waals surface area contributed by atoms with E-state index in [-0.39, 0.29) is 21.2 Å². The number of halogens is 1. The van der Waals surface area contributed by atoms with E-state index in [2.05, 4.69) is 10.0 Å². The lowest BCUT2D eigenvalue weighted by molar-refractivity contribution is 0.102. The highest BCUT2D eigenvalue weighted by Gasteiger charge is 2.22. The molecule has 9 heteroatoms. The van der Waals surface area contributed by atoms with Crippen molar-refractivity contribution in [1.29, 1.82) is 0 Å². The fourth-order valence-electron chi connectivity index (χ4n) is 2.89. The molecule has 1 amide bonds. The highest BCUT2D eigenvalue weighted by Crippen LogP contribution is 2.29. The number of carbonyl (C=O) groups excluding carboxylic acids is 1. The second kappa shape index (κ2) is 9.82. The van der Waals surface area contributed by atoms with Gasteiger partial charge >= 0.3 is 0 Å². The van der Waals surface area contributed by atoms with Gasteiger partial charge in [0.15, 0.2) is 0 Å². The monoisotopic (exact) mass is 460 g/mol. The number of amides is 1. The number of benzene rings is 3. The fraction of sp³-hybridized carbons (Fsp3) is 0.136. The summed E-state index contributed by atoms with van der Waals surface area (Å²) in [6.07, 6.45) is 0. The fourth-order valence-corrected chi connectivity index (χ4v) is 4.49. The first-order valence-electron chi connectivity index (χ1n) is 9.18. The highest BCUT2D eigenvalue weighted by molar-refractivity contribution is 7.92. The topological polar surface area (TPSA) is 93.7 Å². The van der Waals surface area contributed by atoms with Crippen molar-refractivity contribution in [2.45, 2.75) is 11.5 Å². The van der Waals surface area contributed by atoms with E-state index in [9.17, 15) is 13.2 Å². The van der Waals surface area contributed by atoms with Crippen molar-refractivity contribution in [2.24, 2.45) is 0 Å². The summed E-state index contributed by atoms with van der Waals surface area (Å²) in [5, 5.41) is 2.74. The summed E-state index contributed by atoms with van der Waals surface area (Å²) in [6, 6.07) is 17.8. The van der Waals surface area contributed by atoms with Crippen molar-refractivity contribution in [3.05, 3.63) is 82.9 Å². The van der Waals surface area contributed by atoms with Crippen molar-refractivity contribution < 1.29 is 22.7 Å². The van der Waals surface area contributed by atoms with Crippen molar-refractivity contribution in [3.63, 3.8) is 0 Å². The maximum absolute atomic E-state index is 12.9. The predicted octanol–water partition coefficient (Wildman–Crippen LogP) is 4.55. The van der Waals surface area contributed by atoms with Crippen LogP contribution in [0.3, 0.4) is 0 Å². The van der Waals surface area contributed by atoms with Crippen LogP contribution in [0.5, 0.6) is 5.75 Å². The maximum Gasteiger partial charge on any atom is 0.263 e. The molecule has 0 aliphatic rings. The molecule has 0 aliphatic heterocycles. The Balaban J connectivity index is 1.87. The molecular formula is C22H21ClN2O5S. The third-order valence-corrected chi connectivity index (χ3v) is 6.18. The molecule has 31 heavy (non-hydrogen) atoms. The first kappa shape index (κ1) is 22.6. The standard InChI is InChI=1S/C22H21ClN2O5S/c1-29-14-15-6-5-7-17(12-15)24-22(26)16-10-11-18(23)21(13-16)31(27,28)25-19-8-3-4-9-20(19)30-2/h3-13,25H,14H2,1-2H3,(H,24,26). The number of para-hydroxylation sites is 2. The molecule has 0 spiro atoms. The van der Waals surface area contributed by atoms with E-state index in [1.165, 1.54) is 25.3 Å². The van der Waals surface area contributed by atoms with Gasteiger partial charge < -0.3 is 14.8 Å². The molecule has 0 fully saturated rings. The summed E-state index contributed by atoms with van der Waals surface area (Å²) < 4.78 is 38.6. The molecule has 3 aromatic carbocycles. The van der Waals surface area contributed by atoms with Crippen LogP contribution >= 0.6 is 11.6 Å². The zero-order valence-corrected chi connectivity index (χ0v) is 18.5. The minimum absolute atomic E-state index is 0.0129. The first-order chi connectivity index (χ1) is 14.8. The molecule has 0 atom stereocenters. The molecule has 0 aliphatic carbocycles. The van der Waals surface area contributed by atoms with Crippen LogP contribution < -0.4 is 14.8 Å². The smallest absolute Gasteiger partial charge is 0.263 e. The average molecular weight is 461 g/mol. The Kier molecular flexibility index (Phi) is 7.17. The largest absolute Gasteiger partial charge is 0.495 e. The second-order valence-electron chi connectivity index (χ2n) is 6.54. The summed E-state index contributed by atoms with van der Waals surface area (Å²) >= 11 is 6.15. The number of ether oxygens (including phenoxy) is 2. The van der Waals surface area contributed by atoms with Gasteiger partial charge in [-0.1, -0.05) is 35.9 Å². The second-order valence-corrected chi connectivity index (χ2v) is 8.60. The minimum atomic E-state index is -4.08. The van der Waals surface area contributed by atoms with Crippen molar-refractivity contribution >= 4 is 38.9 Å². The lowest BCUT2D eigenvalue weighted by Crippen LogP contribution is -2.17. The van der Waals surface area contributed by atoms with E-state index >= 15 is 0 Å². The van der Waals surface area contributed by atoms with E-state index in [0.717, 1.165) is 5.56 Å². The Labute approximate surface area is 186 Å². The van der Waals surface area contributed by atoms with Crippen LogP contribution in [0.2, 0.25) is 5.02 Å². The number of carbonyl (C=O) groups is 1. The van der Waals surface area contributed by atoms with Gasteiger partial charge in [0.2, 0.25) is 0 Å². The van der Waals surface area contributed by atoms with Gasteiger partial charge in [-0.15, -0.1) is 0 Å². The Morgan fingerprint density at radius 3 is 2.52 bits per heavy atom. The van der Waals surface area contributed by atoms with Crippen LogP contribution in [-0.4, -0.2) is 28.5 Å². The Morgan fingerprint density at radius 2 is 1.77 bits per heavy atom. The zero-order valence-electron chi connectivity index (χ0n) is 16.9. The van der Waals surface area contributed by atoms with Crippen LogP contribution in [-0.2, 0) is 21.4 Å². The van der Waals surface area contributed by atoms with Crippen molar-refractivity contribution in [2.75, 3.05) is 24.3 Å². The van der Waals surface area contributed by atoms with Crippen LogP contribution in [0.4, 0.5) is 11.4 Å². The number of rotatable bonds is 8. The zero-order chi connectivity index (χ0) is 22.4. The van der Waals surface area contributed by atoms with Gasteiger partial charge in [0.1, 0.15) is 10.6 Å². The molecule has 0 saturated carbocycles. The van der Waals surface area contributed by atoms with Gasteiger partial charge in [0.25, 0.3) is 15.9 Å². The molecule has 0 unspecified atom stereocenters. The summed E-state index contributed by atoms with van der Waals surface area (Å²) in [6.45, 7) is 0.404. The van der Waals surface area contributed by atoms with Gasteiger partial charge in [-0.05, 0) is 48.0 Å². The van der Waals surface area contributed by atoms with Crippen LogP contribution in [0, 0.1) is 0 Å². The number of hydrogen-bond donors (Lipinski definition) is 2. The lowest BCUT2D eigenvalue weighted by atomic mass is 10.2. The van der Waals surface area contributed by atoms with Gasteiger partial charge in [-0.25, -0.2) is 8.42 Å². The number of hydrogen-bond acceptors (Lipinski definition) is 5. The maximum atomic E-state index is 12.9. The first-order valence-corrected chi connectivity index (χ1v) is 11.0. The molecule has 0 bridgehead atoms. The summed E-state index contributed by atoms with van der Waals surface area (Å²) in [7, 11) is -1.06. The van der Waals surface area contributed by atoms with Crippen molar-refractivity contribution in [3.8, 4) is 5.75 Å². The number of sulfonamides is 1. The lowest BCUT2D eigenvalue weighted by Gasteiger charge is -2.13. The quantitative estimate of drug-likeness (QED) is 0.514. The molecule has 7 nitrogen and oxygen atoms in total. The van der Waals surface area contributed by atoms with Crippen molar-refractivity contribution in [1.82, 2.24) is 0 Å². The molecule has 3 aromatic rings. The third-order valence-electron chi connectivity index (χ3n) is 4.33. The predicted molar refractivity (Wildman–Crippen MR) is 120 cm³/mol. The third kappa shape index (κ3) is 5.55. The molecule has 3 rings (SSSR count). The Bertz CT molecular complexity index is 1200. The SMILES string of the molecule is COCc1cccc(NC(=O)c2ccc(Cl)c(S(=O)(=O)Nc3ccccc3OC)c2)c1. The van der Waals surface area contributed by atoms with E-state index < -0.39 is 15.9 Å². The van der Waals surface area contributed by atoms with E-state index in [4.69, 9.17) is 21.1 Å². The van der Waals surface area contributed by atoms with Gasteiger partial charge in [0, 0.05) is 18.4 Å². The summed E-state index contributed by atoms with van der Waals surface area (Å²) in [4.78, 5) is 12.5. The molecule has 162 valence electrons.